The molecule has 0 unspecified atom stereocenters. The first-order chi connectivity index (χ1) is 12.8. The number of carbonyl (C=O) groups is 1. The Balaban J connectivity index is 0.00000392. The van der Waals surface area contributed by atoms with E-state index in [-0.39, 0.29) is 23.9 Å². The second-order valence-corrected chi connectivity index (χ2v) is 5.35. The minimum atomic E-state index is -4.28. The number of nitrogens with zero attached hydrogens (tertiary/aromatic N) is 1. The van der Waals surface area contributed by atoms with Crippen molar-refractivity contribution in [2.75, 3.05) is 25.1 Å². The fraction of sp³-hybridized carbons (Fsp3) is 0.294. The summed E-state index contributed by atoms with van der Waals surface area (Å²) in [6.07, 6.45) is -2.75. The molecule has 6 nitrogen and oxygen atoms in total. The smallest absolute Gasteiger partial charge is 0.340 e. The third-order valence-corrected chi connectivity index (χ3v) is 3.23. The van der Waals surface area contributed by atoms with Crippen molar-refractivity contribution in [2.24, 2.45) is 5.73 Å². The van der Waals surface area contributed by atoms with Gasteiger partial charge in [-0.15, -0.1) is 12.4 Å². The third-order valence-electron chi connectivity index (χ3n) is 3.23. The van der Waals surface area contributed by atoms with Crippen molar-refractivity contribution in [3.05, 3.63) is 48.2 Å². The largest absolute Gasteiger partial charge is 0.492 e. The number of amides is 1. The third kappa shape index (κ3) is 6.86. The van der Waals surface area contributed by atoms with Gasteiger partial charge >= 0.3 is 12.3 Å². The Hall–Kier alpha value is -2.59. The summed E-state index contributed by atoms with van der Waals surface area (Å²) in [6, 6.07) is 8.98. The summed E-state index contributed by atoms with van der Waals surface area (Å²) in [5.41, 5.74) is 5.96. The van der Waals surface area contributed by atoms with Gasteiger partial charge in [0.1, 0.15) is 12.4 Å². The van der Waals surface area contributed by atoms with E-state index >= 15 is 0 Å². The molecule has 0 spiro atoms. The molecule has 1 aromatic carbocycles. The van der Waals surface area contributed by atoms with Crippen LogP contribution in [0.1, 0.15) is 10.4 Å². The van der Waals surface area contributed by atoms with Gasteiger partial charge in [0.2, 0.25) is 5.88 Å². The van der Waals surface area contributed by atoms with Crippen LogP contribution in [-0.2, 0) is 0 Å². The first-order valence-electron chi connectivity index (χ1n) is 7.81. The number of anilines is 1. The predicted octanol–water partition coefficient (Wildman–Crippen LogP) is 3.37. The Kier molecular flexibility index (Phi) is 8.93. The van der Waals surface area contributed by atoms with Crippen LogP contribution in [0.2, 0.25) is 0 Å². The Labute approximate surface area is 164 Å². The van der Waals surface area contributed by atoms with E-state index in [0.717, 1.165) is 12.3 Å². The molecule has 2 rings (SSSR count). The molecule has 0 fully saturated rings. The Morgan fingerprint density at radius 3 is 2.36 bits per heavy atom. The number of nitrogens with two attached hydrogens (primary N) is 1. The van der Waals surface area contributed by atoms with Crippen LogP contribution in [0.15, 0.2) is 42.6 Å². The number of halogens is 5. The topological polar surface area (TPSA) is 86.5 Å². The molecule has 1 aromatic heterocycles. The molecule has 0 radical (unpaired) electrons. The molecule has 0 saturated carbocycles. The van der Waals surface area contributed by atoms with Gasteiger partial charge in [0, 0.05) is 24.5 Å². The van der Waals surface area contributed by atoms with Crippen LogP contribution in [-0.4, -0.2) is 43.0 Å². The number of benzene rings is 1. The van der Waals surface area contributed by atoms with Crippen molar-refractivity contribution in [3.63, 3.8) is 0 Å². The van der Waals surface area contributed by atoms with Gasteiger partial charge in [0.25, 0.3) is 5.91 Å². The molecule has 0 saturated heterocycles. The van der Waals surface area contributed by atoms with Gasteiger partial charge in [-0.05, 0) is 30.3 Å². The molecule has 0 atom stereocenters. The molecule has 1 heterocycles. The molecule has 2 aromatic rings. The summed E-state index contributed by atoms with van der Waals surface area (Å²) in [5, 5.41) is 2.61. The van der Waals surface area contributed by atoms with E-state index < -0.39 is 24.9 Å². The quantitative estimate of drug-likeness (QED) is 0.604. The molecule has 1 amide bonds. The number of rotatable bonds is 9. The summed E-state index contributed by atoms with van der Waals surface area (Å²) in [7, 11) is 0. The van der Waals surface area contributed by atoms with E-state index in [2.05, 4.69) is 15.0 Å². The lowest BCUT2D eigenvalue weighted by atomic mass is 10.2. The van der Waals surface area contributed by atoms with E-state index in [4.69, 9.17) is 10.5 Å². The number of alkyl halides is 4. The standard InChI is InChI=1S/C17H17F4N3O3.ClH/c18-16(19)17(20,21)10-27-14-6-1-11(9-23-14)15(25)24-12-2-4-13(5-3-12)26-8-7-22;/h1-6,9,16H,7-8,10,22H2,(H,24,25);1H. The molecule has 0 bridgehead atoms. The highest BCUT2D eigenvalue weighted by atomic mass is 35.5. The number of aromatic nitrogens is 1. The second-order valence-electron chi connectivity index (χ2n) is 5.35. The average molecular weight is 424 g/mol. The van der Waals surface area contributed by atoms with Crippen molar-refractivity contribution in [1.82, 2.24) is 4.98 Å². The summed E-state index contributed by atoms with van der Waals surface area (Å²) < 4.78 is 59.6. The lowest BCUT2D eigenvalue weighted by molar-refractivity contribution is -0.148. The summed E-state index contributed by atoms with van der Waals surface area (Å²) in [6.45, 7) is -0.762. The fourth-order valence-corrected chi connectivity index (χ4v) is 1.85. The molecular weight excluding hydrogens is 406 g/mol. The number of pyridine rings is 1. The molecule has 0 aliphatic heterocycles. The Bertz CT molecular complexity index is 746. The first-order valence-corrected chi connectivity index (χ1v) is 7.81. The van der Waals surface area contributed by atoms with Crippen LogP contribution in [0.3, 0.4) is 0 Å². The van der Waals surface area contributed by atoms with E-state index in [1.54, 1.807) is 24.3 Å². The van der Waals surface area contributed by atoms with Gasteiger partial charge < -0.3 is 20.5 Å². The highest BCUT2D eigenvalue weighted by molar-refractivity contribution is 6.04. The number of nitrogens with one attached hydrogen (secondary N) is 1. The second kappa shape index (κ2) is 10.7. The van der Waals surface area contributed by atoms with Gasteiger partial charge in [-0.1, -0.05) is 0 Å². The van der Waals surface area contributed by atoms with Crippen LogP contribution >= 0.6 is 12.4 Å². The molecule has 28 heavy (non-hydrogen) atoms. The van der Waals surface area contributed by atoms with Gasteiger partial charge in [-0.25, -0.2) is 13.8 Å². The first kappa shape index (κ1) is 23.4. The van der Waals surface area contributed by atoms with Gasteiger partial charge in [0.05, 0.1) is 5.56 Å². The van der Waals surface area contributed by atoms with Gasteiger partial charge in [-0.2, -0.15) is 8.78 Å². The van der Waals surface area contributed by atoms with E-state index in [9.17, 15) is 22.4 Å². The molecular formula is C17H18ClF4N3O3. The zero-order chi connectivity index (χ0) is 19.9. The molecule has 3 N–H and O–H groups in total. The Morgan fingerprint density at radius 1 is 1.14 bits per heavy atom. The maximum Gasteiger partial charge on any atom is 0.340 e. The van der Waals surface area contributed by atoms with Crippen LogP contribution in [0.25, 0.3) is 0 Å². The predicted molar refractivity (Wildman–Crippen MR) is 96.9 cm³/mol. The van der Waals surface area contributed by atoms with E-state index in [1.807, 2.05) is 0 Å². The number of hydrogen-bond donors (Lipinski definition) is 2. The Morgan fingerprint density at radius 2 is 1.82 bits per heavy atom. The van der Waals surface area contributed by atoms with E-state index in [1.165, 1.54) is 6.07 Å². The zero-order valence-electron chi connectivity index (χ0n) is 14.4. The highest BCUT2D eigenvalue weighted by Gasteiger charge is 2.41. The monoisotopic (exact) mass is 423 g/mol. The van der Waals surface area contributed by atoms with E-state index in [0.29, 0.717) is 24.6 Å². The van der Waals surface area contributed by atoms with Gasteiger partial charge in [-0.3, -0.25) is 4.79 Å². The minimum Gasteiger partial charge on any atom is -0.492 e. The highest BCUT2D eigenvalue weighted by Crippen LogP contribution is 2.24. The van der Waals surface area contributed by atoms with Crippen LogP contribution in [0.5, 0.6) is 11.6 Å². The normalized spacial score (nSPS) is 10.9. The van der Waals surface area contributed by atoms with Gasteiger partial charge in [0.15, 0.2) is 6.61 Å². The van der Waals surface area contributed by atoms with Crippen molar-refractivity contribution < 1.29 is 31.8 Å². The van der Waals surface area contributed by atoms with Crippen molar-refractivity contribution >= 4 is 24.0 Å². The minimum absolute atomic E-state index is 0. The summed E-state index contributed by atoms with van der Waals surface area (Å²) >= 11 is 0. The van der Waals surface area contributed by atoms with Crippen LogP contribution in [0.4, 0.5) is 23.2 Å². The lowest BCUT2D eigenvalue weighted by Crippen LogP contribution is -2.33. The SMILES string of the molecule is Cl.NCCOc1ccc(NC(=O)c2ccc(OCC(F)(F)C(F)F)nc2)cc1. The molecule has 0 aliphatic carbocycles. The average Bonchev–Trinajstić information content (AvgIpc) is 2.66. The molecule has 0 aliphatic rings. The van der Waals surface area contributed by atoms with Crippen molar-refractivity contribution in [1.29, 1.82) is 0 Å². The zero-order valence-corrected chi connectivity index (χ0v) is 15.2. The maximum absolute atomic E-state index is 12.8. The molecule has 11 heteroatoms. The van der Waals surface area contributed by atoms with Crippen molar-refractivity contribution in [2.45, 2.75) is 12.3 Å². The molecule has 154 valence electrons. The summed E-state index contributed by atoms with van der Waals surface area (Å²) in [5.74, 6) is -4.48. The number of ether oxygens (including phenoxy) is 2. The lowest BCUT2D eigenvalue weighted by Gasteiger charge is -2.15. The maximum atomic E-state index is 12.8. The number of carbonyl (C=O) groups excluding carboxylic acids is 1. The van der Waals surface area contributed by atoms with Crippen LogP contribution < -0.4 is 20.5 Å². The number of hydrogen-bond acceptors (Lipinski definition) is 5. The van der Waals surface area contributed by atoms with Crippen LogP contribution in [0, 0.1) is 0 Å². The summed E-state index contributed by atoms with van der Waals surface area (Å²) in [4.78, 5) is 15.8. The van der Waals surface area contributed by atoms with Crippen molar-refractivity contribution in [3.8, 4) is 11.6 Å². The fourth-order valence-electron chi connectivity index (χ4n) is 1.85.